The summed E-state index contributed by atoms with van der Waals surface area (Å²) in [6.07, 6.45) is 1.82. The van der Waals surface area contributed by atoms with Crippen molar-refractivity contribution >= 4 is 33.3 Å². The zero-order chi connectivity index (χ0) is 12.3. The molecule has 0 aliphatic rings. The molecule has 0 saturated heterocycles. The van der Waals surface area contributed by atoms with E-state index in [-0.39, 0.29) is 0 Å². The van der Waals surface area contributed by atoms with E-state index >= 15 is 0 Å². The largest absolute Gasteiger partial charge is 0.490 e. The molecule has 90 valence electrons. The van der Waals surface area contributed by atoms with Gasteiger partial charge in [0.05, 0.1) is 11.0 Å². The Balaban J connectivity index is 1.90. The van der Waals surface area contributed by atoms with Gasteiger partial charge < -0.3 is 10.5 Å². The first kappa shape index (κ1) is 12.3. The van der Waals surface area contributed by atoms with Gasteiger partial charge in [-0.2, -0.15) is 5.10 Å². The Kier molecular flexibility index (Phi) is 3.91. The van der Waals surface area contributed by atoms with Gasteiger partial charge >= 0.3 is 0 Å². The first-order valence-corrected chi connectivity index (χ1v) is 6.19. The predicted molar refractivity (Wildman–Crippen MR) is 71.3 cm³/mol. The standard InChI is InChI=1S/C11H11BrClN3O/c12-9-7-8(13)1-2-10(9)17-6-5-16-4-3-11(14)15-16/h1-4,7H,5-6H2,(H2,14,15). The molecule has 0 fully saturated rings. The molecule has 1 aromatic heterocycles. The molecule has 6 heteroatoms. The molecule has 0 amide bonds. The van der Waals surface area contributed by atoms with Gasteiger partial charge in [0.2, 0.25) is 0 Å². The highest BCUT2D eigenvalue weighted by Gasteiger charge is 2.02. The summed E-state index contributed by atoms with van der Waals surface area (Å²) < 4.78 is 8.17. The Morgan fingerprint density at radius 3 is 2.88 bits per heavy atom. The second-order valence-corrected chi connectivity index (χ2v) is 4.72. The van der Waals surface area contributed by atoms with Crippen molar-refractivity contribution in [2.75, 3.05) is 12.3 Å². The van der Waals surface area contributed by atoms with Gasteiger partial charge in [0.1, 0.15) is 18.2 Å². The number of nitrogens with two attached hydrogens (primary N) is 1. The number of benzene rings is 1. The van der Waals surface area contributed by atoms with E-state index in [1.165, 1.54) is 0 Å². The maximum atomic E-state index is 5.84. The number of nitrogens with zero attached hydrogens (tertiary/aromatic N) is 2. The van der Waals surface area contributed by atoms with Crippen molar-refractivity contribution < 1.29 is 4.74 Å². The van der Waals surface area contributed by atoms with Crippen LogP contribution in [0.5, 0.6) is 5.75 Å². The molecule has 0 saturated carbocycles. The zero-order valence-corrected chi connectivity index (χ0v) is 11.3. The monoisotopic (exact) mass is 315 g/mol. The van der Waals surface area contributed by atoms with Crippen LogP contribution in [0.25, 0.3) is 0 Å². The van der Waals surface area contributed by atoms with Crippen molar-refractivity contribution in [1.82, 2.24) is 9.78 Å². The molecule has 1 aromatic carbocycles. The van der Waals surface area contributed by atoms with Crippen LogP contribution in [0, 0.1) is 0 Å². The lowest BCUT2D eigenvalue weighted by Gasteiger charge is -2.08. The minimum Gasteiger partial charge on any atom is -0.490 e. The summed E-state index contributed by atoms with van der Waals surface area (Å²) in [5.74, 6) is 1.27. The lowest BCUT2D eigenvalue weighted by molar-refractivity contribution is 0.290. The number of aromatic nitrogens is 2. The fourth-order valence-corrected chi connectivity index (χ4v) is 2.14. The van der Waals surface area contributed by atoms with Gasteiger partial charge in [0.25, 0.3) is 0 Å². The van der Waals surface area contributed by atoms with E-state index < -0.39 is 0 Å². The van der Waals surface area contributed by atoms with Crippen LogP contribution in [0.4, 0.5) is 5.82 Å². The van der Waals surface area contributed by atoms with Gasteiger partial charge in [-0.1, -0.05) is 11.6 Å². The van der Waals surface area contributed by atoms with E-state index in [0.717, 1.165) is 10.2 Å². The Morgan fingerprint density at radius 1 is 1.41 bits per heavy atom. The van der Waals surface area contributed by atoms with Gasteiger partial charge in [-0.3, -0.25) is 4.68 Å². The van der Waals surface area contributed by atoms with E-state index in [0.29, 0.717) is 24.0 Å². The number of hydrogen-bond acceptors (Lipinski definition) is 3. The quantitative estimate of drug-likeness (QED) is 0.943. The third kappa shape index (κ3) is 3.38. The third-order valence-electron chi connectivity index (χ3n) is 2.13. The topological polar surface area (TPSA) is 53.1 Å². The molecule has 0 radical (unpaired) electrons. The van der Waals surface area contributed by atoms with E-state index in [9.17, 15) is 0 Å². The molecule has 0 aliphatic carbocycles. The van der Waals surface area contributed by atoms with E-state index in [2.05, 4.69) is 21.0 Å². The molecule has 2 aromatic rings. The van der Waals surface area contributed by atoms with Gasteiger partial charge in [-0.05, 0) is 40.2 Å². The summed E-state index contributed by atoms with van der Waals surface area (Å²) in [6.45, 7) is 1.16. The van der Waals surface area contributed by atoms with Crippen LogP contribution in [0.2, 0.25) is 5.02 Å². The van der Waals surface area contributed by atoms with Gasteiger partial charge in [0, 0.05) is 11.2 Å². The summed E-state index contributed by atoms with van der Waals surface area (Å²) >= 11 is 9.22. The van der Waals surface area contributed by atoms with Crippen molar-refractivity contribution in [3.8, 4) is 5.75 Å². The average Bonchev–Trinajstić information content (AvgIpc) is 2.68. The second-order valence-electron chi connectivity index (χ2n) is 3.43. The summed E-state index contributed by atoms with van der Waals surface area (Å²) in [5.41, 5.74) is 5.51. The molecule has 0 unspecified atom stereocenters. The Morgan fingerprint density at radius 2 is 2.24 bits per heavy atom. The highest BCUT2D eigenvalue weighted by atomic mass is 79.9. The van der Waals surface area contributed by atoms with Crippen molar-refractivity contribution in [2.45, 2.75) is 6.54 Å². The summed E-state index contributed by atoms with van der Waals surface area (Å²) in [5, 5.41) is 4.73. The van der Waals surface area contributed by atoms with Crippen molar-refractivity contribution in [1.29, 1.82) is 0 Å². The van der Waals surface area contributed by atoms with Crippen molar-refractivity contribution in [3.05, 3.63) is 40.0 Å². The number of hydrogen-bond donors (Lipinski definition) is 1. The molecular formula is C11H11BrClN3O. The smallest absolute Gasteiger partial charge is 0.145 e. The number of anilines is 1. The molecule has 0 atom stereocenters. The maximum absolute atomic E-state index is 5.84. The number of rotatable bonds is 4. The van der Waals surface area contributed by atoms with E-state index in [1.807, 2.05) is 12.3 Å². The van der Waals surface area contributed by atoms with Gasteiger partial charge in [-0.15, -0.1) is 0 Å². The van der Waals surface area contributed by atoms with Crippen LogP contribution in [0.3, 0.4) is 0 Å². The molecule has 0 aliphatic heterocycles. The maximum Gasteiger partial charge on any atom is 0.145 e. The molecule has 2 rings (SSSR count). The van der Waals surface area contributed by atoms with Crippen molar-refractivity contribution in [3.63, 3.8) is 0 Å². The van der Waals surface area contributed by atoms with Crippen LogP contribution in [0.15, 0.2) is 34.9 Å². The second kappa shape index (κ2) is 5.42. The van der Waals surface area contributed by atoms with Crippen LogP contribution < -0.4 is 10.5 Å². The Bertz CT molecular complexity index is 515. The average molecular weight is 317 g/mol. The van der Waals surface area contributed by atoms with Crippen LogP contribution in [-0.4, -0.2) is 16.4 Å². The molecule has 2 N–H and O–H groups in total. The van der Waals surface area contributed by atoms with Crippen LogP contribution in [-0.2, 0) is 6.54 Å². The normalized spacial score (nSPS) is 10.5. The SMILES string of the molecule is Nc1ccn(CCOc2ccc(Cl)cc2Br)n1. The molecule has 17 heavy (non-hydrogen) atoms. The molecule has 4 nitrogen and oxygen atoms in total. The summed E-state index contributed by atoms with van der Waals surface area (Å²) in [7, 11) is 0. The fraction of sp³-hybridized carbons (Fsp3) is 0.182. The summed E-state index contributed by atoms with van der Waals surface area (Å²) in [4.78, 5) is 0. The molecule has 0 spiro atoms. The molecular weight excluding hydrogens is 305 g/mol. The Labute approximate surface area is 112 Å². The zero-order valence-electron chi connectivity index (χ0n) is 8.94. The minimum atomic E-state index is 0.512. The number of halogens is 2. The third-order valence-corrected chi connectivity index (χ3v) is 2.99. The van der Waals surface area contributed by atoms with Crippen LogP contribution in [0.1, 0.15) is 0 Å². The van der Waals surface area contributed by atoms with Gasteiger partial charge in [0.15, 0.2) is 0 Å². The minimum absolute atomic E-state index is 0.512. The Hall–Kier alpha value is -1.20. The molecule has 0 bridgehead atoms. The highest BCUT2D eigenvalue weighted by molar-refractivity contribution is 9.10. The van der Waals surface area contributed by atoms with E-state index in [4.69, 9.17) is 22.1 Å². The first-order valence-electron chi connectivity index (χ1n) is 5.02. The van der Waals surface area contributed by atoms with Crippen molar-refractivity contribution in [2.24, 2.45) is 0 Å². The van der Waals surface area contributed by atoms with Gasteiger partial charge in [-0.25, -0.2) is 0 Å². The fourth-order valence-electron chi connectivity index (χ4n) is 1.34. The van der Waals surface area contributed by atoms with E-state index in [1.54, 1.807) is 22.9 Å². The first-order chi connectivity index (χ1) is 8.15. The molecule has 1 heterocycles. The highest BCUT2D eigenvalue weighted by Crippen LogP contribution is 2.27. The predicted octanol–water partition coefficient (Wildman–Crippen LogP) is 2.96. The van der Waals surface area contributed by atoms with Crippen LogP contribution >= 0.6 is 27.5 Å². The number of ether oxygens (including phenoxy) is 1. The lowest BCUT2D eigenvalue weighted by atomic mass is 10.3. The summed E-state index contributed by atoms with van der Waals surface area (Å²) in [6, 6.07) is 7.15. The lowest BCUT2D eigenvalue weighted by Crippen LogP contribution is -2.09. The number of nitrogen functional groups attached to an aromatic ring is 1.